The summed E-state index contributed by atoms with van der Waals surface area (Å²) in [6.07, 6.45) is 1.04. The lowest BCUT2D eigenvalue weighted by atomic mass is 10.1. The summed E-state index contributed by atoms with van der Waals surface area (Å²) in [5.41, 5.74) is 6.73. The molecule has 0 fully saturated rings. The summed E-state index contributed by atoms with van der Waals surface area (Å²) in [6, 6.07) is 30.1. The number of aromatic nitrogens is 1. The molecule has 6 aromatic rings. The molecule has 0 radical (unpaired) electrons. The second-order valence-corrected chi connectivity index (χ2v) is 7.31. The van der Waals surface area contributed by atoms with Crippen molar-refractivity contribution in [2.24, 2.45) is 0 Å². The summed E-state index contributed by atoms with van der Waals surface area (Å²) in [4.78, 5) is 0. The van der Waals surface area contributed by atoms with E-state index in [4.69, 9.17) is 4.42 Å². The molecule has 2 nitrogen and oxygen atoms in total. The van der Waals surface area contributed by atoms with Crippen molar-refractivity contribution in [3.8, 4) is 5.69 Å². The van der Waals surface area contributed by atoms with Gasteiger partial charge in [0.25, 0.3) is 0 Å². The van der Waals surface area contributed by atoms with Crippen molar-refractivity contribution in [3.05, 3.63) is 90.5 Å². The number of hydrogen-bond acceptors (Lipinski definition) is 1. The molecule has 0 bridgehead atoms. The maximum Gasteiger partial charge on any atom is 0.159 e. The second kappa shape index (κ2) is 5.74. The lowest BCUT2D eigenvalue weighted by Crippen LogP contribution is -1.94. The average molecular weight is 361 g/mol. The Morgan fingerprint density at radius 2 is 1.43 bits per heavy atom. The van der Waals surface area contributed by atoms with Gasteiger partial charge in [-0.3, -0.25) is 0 Å². The molecule has 0 saturated carbocycles. The Bertz CT molecular complexity index is 1500. The lowest BCUT2D eigenvalue weighted by Gasteiger charge is -2.08. The summed E-state index contributed by atoms with van der Waals surface area (Å²) in [5.74, 6) is 0. The van der Waals surface area contributed by atoms with Gasteiger partial charge in [-0.25, -0.2) is 0 Å². The smallest absolute Gasteiger partial charge is 0.159 e. The van der Waals surface area contributed by atoms with Gasteiger partial charge in [0.05, 0.1) is 16.7 Å². The molecule has 2 aromatic heterocycles. The van der Waals surface area contributed by atoms with Crippen LogP contribution in [0.4, 0.5) is 0 Å². The van der Waals surface area contributed by atoms with E-state index in [2.05, 4.69) is 84.3 Å². The third kappa shape index (κ3) is 2.03. The Kier molecular flexibility index (Phi) is 3.18. The molecular weight excluding hydrogens is 342 g/mol. The van der Waals surface area contributed by atoms with Crippen LogP contribution in [0, 0.1) is 0 Å². The molecule has 0 saturated heterocycles. The summed E-state index contributed by atoms with van der Waals surface area (Å²) in [7, 11) is 0. The number of nitrogens with zero attached hydrogens (tertiary/aromatic N) is 1. The second-order valence-electron chi connectivity index (χ2n) is 7.31. The zero-order valence-electron chi connectivity index (χ0n) is 15.6. The molecule has 0 unspecified atom stereocenters. The normalized spacial score (nSPS) is 11.9. The molecular formula is C26H19NO. The van der Waals surface area contributed by atoms with Crippen LogP contribution >= 0.6 is 0 Å². The molecule has 2 heteroatoms. The minimum Gasteiger partial charge on any atom is -0.454 e. The molecule has 0 aliphatic rings. The van der Waals surface area contributed by atoms with E-state index < -0.39 is 0 Å². The number of furan rings is 1. The van der Waals surface area contributed by atoms with Gasteiger partial charge in [-0.1, -0.05) is 61.5 Å². The Labute approximate surface area is 162 Å². The van der Waals surface area contributed by atoms with Crippen molar-refractivity contribution >= 4 is 43.7 Å². The van der Waals surface area contributed by atoms with Crippen LogP contribution in [0.2, 0.25) is 0 Å². The van der Waals surface area contributed by atoms with Crippen molar-refractivity contribution in [3.63, 3.8) is 0 Å². The zero-order valence-corrected chi connectivity index (χ0v) is 15.6. The van der Waals surface area contributed by atoms with E-state index in [1.54, 1.807) is 0 Å². The van der Waals surface area contributed by atoms with Gasteiger partial charge in [0.1, 0.15) is 5.58 Å². The topological polar surface area (TPSA) is 18.1 Å². The summed E-state index contributed by atoms with van der Waals surface area (Å²) in [6.45, 7) is 2.20. The SMILES string of the molecule is CCc1ccc2c(c1)c1ccccc1n2-c1cccc2c1oc1ccccc12. The summed E-state index contributed by atoms with van der Waals surface area (Å²) in [5, 5.41) is 4.89. The van der Waals surface area contributed by atoms with Gasteiger partial charge in [0.2, 0.25) is 0 Å². The van der Waals surface area contributed by atoms with Gasteiger partial charge < -0.3 is 8.98 Å². The van der Waals surface area contributed by atoms with Crippen LogP contribution in [-0.4, -0.2) is 4.57 Å². The minimum absolute atomic E-state index is 0.930. The van der Waals surface area contributed by atoms with Gasteiger partial charge >= 0.3 is 0 Å². The van der Waals surface area contributed by atoms with E-state index in [0.29, 0.717) is 0 Å². The largest absolute Gasteiger partial charge is 0.454 e. The molecule has 0 aliphatic heterocycles. The fourth-order valence-corrected chi connectivity index (χ4v) is 4.41. The van der Waals surface area contributed by atoms with Crippen LogP contribution in [0.5, 0.6) is 0 Å². The molecule has 0 N–H and O–H groups in total. The third-order valence-corrected chi connectivity index (χ3v) is 5.77. The molecule has 0 atom stereocenters. The van der Waals surface area contributed by atoms with Crippen LogP contribution in [0.25, 0.3) is 49.4 Å². The maximum atomic E-state index is 6.33. The summed E-state index contributed by atoms with van der Waals surface area (Å²) >= 11 is 0. The fourth-order valence-electron chi connectivity index (χ4n) is 4.41. The number of benzene rings is 4. The standard InChI is InChI=1S/C26H19NO/c1-2-17-14-15-23-21(16-17)18-8-3-5-11-22(18)27(23)24-12-7-10-20-19-9-4-6-13-25(19)28-26(20)24/h3-16H,2H2,1H3. The van der Waals surface area contributed by atoms with Gasteiger partial charge in [-0.15, -0.1) is 0 Å². The Morgan fingerprint density at radius 1 is 0.679 bits per heavy atom. The van der Waals surface area contributed by atoms with Crippen molar-refractivity contribution in [2.75, 3.05) is 0 Å². The van der Waals surface area contributed by atoms with Gasteiger partial charge in [0, 0.05) is 21.5 Å². The predicted molar refractivity (Wildman–Crippen MR) is 117 cm³/mol. The highest BCUT2D eigenvalue weighted by molar-refractivity contribution is 6.12. The first-order valence-electron chi connectivity index (χ1n) is 9.78. The zero-order chi connectivity index (χ0) is 18.7. The van der Waals surface area contributed by atoms with Crippen LogP contribution in [0.1, 0.15) is 12.5 Å². The van der Waals surface area contributed by atoms with Crippen LogP contribution in [-0.2, 0) is 6.42 Å². The molecule has 0 amide bonds. The van der Waals surface area contributed by atoms with Crippen LogP contribution < -0.4 is 0 Å². The van der Waals surface area contributed by atoms with Crippen molar-refractivity contribution < 1.29 is 4.42 Å². The van der Waals surface area contributed by atoms with E-state index in [-0.39, 0.29) is 0 Å². The van der Waals surface area contributed by atoms with Crippen molar-refractivity contribution in [1.82, 2.24) is 4.57 Å². The Hall–Kier alpha value is -3.52. The van der Waals surface area contributed by atoms with Crippen molar-refractivity contribution in [1.29, 1.82) is 0 Å². The van der Waals surface area contributed by atoms with Crippen LogP contribution in [0.3, 0.4) is 0 Å². The highest BCUT2D eigenvalue weighted by Gasteiger charge is 2.17. The molecule has 0 aliphatic carbocycles. The molecule has 134 valence electrons. The first-order chi connectivity index (χ1) is 13.8. The van der Waals surface area contributed by atoms with E-state index >= 15 is 0 Å². The molecule has 0 spiro atoms. The van der Waals surface area contributed by atoms with E-state index in [1.807, 2.05) is 12.1 Å². The molecule has 6 rings (SSSR count). The predicted octanol–water partition coefficient (Wildman–Crippen LogP) is 7.25. The van der Waals surface area contributed by atoms with Gasteiger partial charge in [-0.2, -0.15) is 0 Å². The number of aryl methyl sites for hydroxylation is 1. The van der Waals surface area contributed by atoms with Gasteiger partial charge in [-0.05, 0) is 42.3 Å². The fraction of sp³-hybridized carbons (Fsp3) is 0.0769. The van der Waals surface area contributed by atoms with Gasteiger partial charge in [0.15, 0.2) is 5.58 Å². The molecule has 2 heterocycles. The van der Waals surface area contributed by atoms with E-state index in [0.717, 1.165) is 34.0 Å². The first-order valence-corrected chi connectivity index (χ1v) is 9.78. The highest BCUT2D eigenvalue weighted by atomic mass is 16.3. The van der Waals surface area contributed by atoms with E-state index in [9.17, 15) is 0 Å². The Morgan fingerprint density at radius 3 is 2.32 bits per heavy atom. The average Bonchev–Trinajstić information content (AvgIpc) is 3.29. The maximum absolute atomic E-state index is 6.33. The highest BCUT2D eigenvalue weighted by Crippen LogP contribution is 2.37. The molecule has 4 aromatic carbocycles. The quantitative estimate of drug-likeness (QED) is 0.318. The summed E-state index contributed by atoms with van der Waals surface area (Å²) < 4.78 is 8.67. The number of rotatable bonds is 2. The van der Waals surface area contributed by atoms with Crippen molar-refractivity contribution in [2.45, 2.75) is 13.3 Å². The Balaban J connectivity index is 1.80. The molecule has 28 heavy (non-hydrogen) atoms. The minimum atomic E-state index is 0.930. The monoisotopic (exact) mass is 361 g/mol. The van der Waals surface area contributed by atoms with E-state index in [1.165, 1.54) is 27.4 Å². The van der Waals surface area contributed by atoms with Crippen LogP contribution in [0.15, 0.2) is 89.3 Å². The number of para-hydroxylation sites is 3. The lowest BCUT2D eigenvalue weighted by molar-refractivity contribution is 0.666. The third-order valence-electron chi connectivity index (χ3n) is 5.77. The number of fused-ring (bicyclic) bond motifs is 6. The first kappa shape index (κ1) is 15.5. The number of hydrogen-bond donors (Lipinski definition) is 0.